The number of aromatic nitrogens is 3. The van der Waals surface area contributed by atoms with Gasteiger partial charge in [-0.25, -0.2) is 4.98 Å². The first-order valence-corrected chi connectivity index (χ1v) is 7.63. The van der Waals surface area contributed by atoms with Crippen LogP contribution in [0.3, 0.4) is 0 Å². The summed E-state index contributed by atoms with van der Waals surface area (Å²) in [5.41, 5.74) is 9.65. The van der Waals surface area contributed by atoms with Crippen molar-refractivity contribution < 1.29 is 0 Å². The van der Waals surface area contributed by atoms with Crippen LogP contribution in [-0.2, 0) is 13.6 Å². The predicted octanol–water partition coefficient (Wildman–Crippen LogP) is 1.84. The van der Waals surface area contributed by atoms with E-state index in [-0.39, 0.29) is 5.41 Å². The highest BCUT2D eigenvalue weighted by molar-refractivity contribution is 5.78. The van der Waals surface area contributed by atoms with Crippen LogP contribution in [0.15, 0.2) is 12.3 Å². The van der Waals surface area contributed by atoms with Crippen LogP contribution < -0.4 is 5.73 Å². The highest BCUT2D eigenvalue weighted by Gasteiger charge is 2.33. The quantitative estimate of drug-likeness (QED) is 0.915. The molecule has 1 saturated heterocycles. The second kappa shape index (κ2) is 5.07. The normalized spacial score (nSPS) is 22.8. The van der Waals surface area contributed by atoms with Crippen LogP contribution in [0, 0.1) is 12.3 Å². The molecule has 0 aliphatic carbocycles. The van der Waals surface area contributed by atoms with Gasteiger partial charge < -0.3 is 5.73 Å². The molecule has 21 heavy (non-hydrogen) atoms. The Kier molecular flexibility index (Phi) is 3.50. The van der Waals surface area contributed by atoms with Gasteiger partial charge in [-0.3, -0.25) is 9.58 Å². The van der Waals surface area contributed by atoms with E-state index in [1.807, 2.05) is 24.9 Å². The first-order chi connectivity index (χ1) is 9.87. The van der Waals surface area contributed by atoms with E-state index >= 15 is 0 Å². The molecular formula is C16H25N5. The topological polar surface area (TPSA) is 60.0 Å². The average molecular weight is 287 g/mol. The number of rotatable bonds is 2. The minimum absolute atomic E-state index is 0.181. The van der Waals surface area contributed by atoms with Crippen LogP contribution in [0.2, 0.25) is 0 Å². The molecule has 0 spiro atoms. The Morgan fingerprint density at radius 2 is 2.19 bits per heavy atom. The number of nitrogens with zero attached hydrogens (tertiary/aromatic N) is 4. The van der Waals surface area contributed by atoms with Crippen molar-refractivity contribution in [1.29, 1.82) is 0 Å². The summed E-state index contributed by atoms with van der Waals surface area (Å²) in [5.74, 6) is 0. The van der Waals surface area contributed by atoms with Crippen molar-refractivity contribution in [3.63, 3.8) is 0 Å². The fourth-order valence-corrected chi connectivity index (χ4v) is 3.32. The number of piperidine rings is 1. The third-order valence-electron chi connectivity index (χ3n) is 4.72. The Labute approximate surface area is 126 Å². The molecule has 1 aliphatic heterocycles. The highest BCUT2D eigenvalue weighted by Crippen LogP contribution is 2.28. The summed E-state index contributed by atoms with van der Waals surface area (Å²) in [4.78, 5) is 7.05. The number of hydrogen-bond acceptors (Lipinski definition) is 4. The molecule has 1 fully saturated rings. The van der Waals surface area contributed by atoms with Crippen molar-refractivity contribution in [2.75, 3.05) is 13.1 Å². The molecular weight excluding hydrogens is 262 g/mol. The maximum atomic E-state index is 6.22. The lowest BCUT2D eigenvalue weighted by Crippen LogP contribution is -2.52. The summed E-state index contributed by atoms with van der Waals surface area (Å²) in [6.07, 6.45) is 3.04. The maximum Gasteiger partial charge on any atom is 0.157 e. The maximum absolute atomic E-state index is 6.22. The largest absolute Gasteiger partial charge is 0.327 e. The molecule has 5 heteroatoms. The Morgan fingerprint density at radius 3 is 2.90 bits per heavy atom. The number of fused-ring (bicyclic) bond motifs is 1. The van der Waals surface area contributed by atoms with E-state index in [0.717, 1.165) is 42.8 Å². The summed E-state index contributed by atoms with van der Waals surface area (Å²) < 4.78 is 1.84. The van der Waals surface area contributed by atoms with Crippen molar-refractivity contribution >= 4 is 11.0 Å². The van der Waals surface area contributed by atoms with Gasteiger partial charge in [-0.05, 0) is 30.4 Å². The van der Waals surface area contributed by atoms with Crippen molar-refractivity contribution in [2.45, 2.75) is 39.8 Å². The van der Waals surface area contributed by atoms with Gasteiger partial charge in [0.05, 0.1) is 5.69 Å². The average Bonchev–Trinajstić information content (AvgIpc) is 2.69. The van der Waals surface area contributed by atoms with Crippen LogP contribution in [0.5, 0.6) is 0 Å². The molecule has 3 heterocycles. The summed E-state index contributed by atoms with van der Waals surface area (Å²) in [6, 6.07) is 2.53. The van der Waals surface area contributed by atoms with Crippen molar-refractivity contribution in [1.82, 2.24) is 19.7 Å². The van der Waals surface area contributed by atoms with Crippen molar-refractivity contribution in [3.8, 4) is 0 Å². The van der Waals surface area contributed by atoms with Crippen LogP contribution in [-0.4, -0.2) is 38.8 Å². The number of likely N-dealkylation sites (tertiary alicyclic amines) is 1. The molecule has 114 valence electrons. The lowest BCUT2D eigenvalue weighted by Gasteiger charge is -2.42. The molecule has 0 radical (unpaired) electrons. The van der Waals surface area contributed by atoms with Gasteiger partial charge in [0.1, 0.15) is 0 Å². The summed E-state index contributed by atoms with van der Waals surface area (Å²) >= 11 is 0. The van der Waals surface area contributed by atoms with E-state index in [1.54, 1.807) is 0 Å². The van der Waals surface area contributed by atoms with Gasteiger partial charge >= 0.3 is 0 Å². The van der Waals surface area contributed by atoms with Gasteiger partial charge in [0.15, 0.2) is 5.65 Å². The molecule has 0 aromatic carbocycles. The first kappa shape index (κ1) is 14.5. The Bertz CT molecular complexity index is 658. The minimum Gasteiger partial charge on any atom is -0.327 e. The Hall–Kier alpha value is -1.46. The lowest BCUT2D eigenvalue weighted by molar-refractivity contribution is 0.0898. The second-order valence-corrected chi connectivity index (χ2v) is 7.02. The molecule has 2 aromatic rings. The van der Waals surface area contributed by atoms with Crippen molar-refractivity contribution in [2.24, 2.45) is 18.2 Å². The zero-order valence-electron chi connectivity index (χ0n) is 13.4. The van der Waals surface area contributed by atoms with Crippen LogP contribution >= 0.6 is 0 Å². The highest BCUT2D eigenvalue weighted by atomic mass is 15.3. The molecule has 3 rings (SSSR count). The first-order valence-electron chi connectivity index (χ1n) is 7.63. The molecule has 1 unspecified atom stereocenters. The van der Waals surface area contributed by atoms with Crippen LogP contribution in [0.25, 0.3) is 11.0 Å². The molecule has 1 aliphatic rings. The predicted molar refractivity (Wildman–Crippen MR) is 84.9 cm³/mol. The zero-order chi connectivity index (χ0) is 15.2. The SMILES string of the molecule is Cc1nn(C)c2ncc(CN3CCC(N)C(C)(C)C3)cc12. The smallest absolute Gasteiger partial charge is 0.157 e. The summed E-state index contributed by atoms with van der Waals surface area (Å²) in [6.45, 7) is 9.60. The summed E-state index contributed by atoms with van der Waals surface area (Å²) in [5, 5.41) is 5.59. The van der Waals surface area contributed by atoms with Gasteiger partial charge in [-0.15, -0.1) is 0 Å². The lowest BCUT2D eigenvalue weighted by atomic mass is 9.79. The van der Waals surface area contributed by atoms with E-state index < -0.39 is 0 Å². The Morgan fingerprint density at radius 1 is 1.43 bits per heavy atom. The minimum atomic E-state index is 0.181. The third kappa shape index (κ3) is 2.68. The molecule has 2 aromatic heterocycles. The van der Waals surface area contributed by atoms with Gasteiger partial charge in [0.2, 0.25) is 0 Å². The second-order valence-electron chi connectivity index (χ2n) is 7.02. The van der Waals surface area contributed by atoms with Gasteiger partial charge in [-0.1, -0.05) is 13.8 Å². The number of hydrogen-bond donors (Lipinski definition) is 1. The van der Waals surface area contributed by atoms with E-state index in [4.69, 9.17) is 5.73 Å². The van der Waals surface area contributed by atoms with Gasteiger partial charge in [0, 0.05) is 44.3 Å². The molecule has 0 saturated carbocycles. The van der Waals surface area contributed by atoms with Crippen molar-refractivity contribution in [3.05, 3.63) is 23.5 Å². The molecule has 0 bridgehead atoms. The van der Waals surface area contributed by atoms with E-state index in [1.165, 1.54) is 5.56 Å². The van der Waals surface area contributed by atoms with Gasteiger partial charge in [0.25, 0.3) is 0 Å². The number of pyridine rings is 1. The van der Waals surface area contributed by atoms with Crippen LogP contribution in [0.4, 0.5) is 0 Å². The molecule has 1 atom stereocenters. The van der Waals surface area contributed by atoms with E-state index in [2.05, 4.69) is 34.9 Å². The molecule has 2 N–H and O–H groups in total. The standard InChI is InChI=1S/C16H25N5/c1-11-13-7-12(8-18-15(13)20(4)19-11)9-21-6-5-14(17)16(2,3)10-21/h7-8,14H,5-6,9-10,17H2,1-4H3. The third-order valence-corrected chi connectivity index (χ3v) is 4.72. The Balaban J connectivity index is 1.81. The number of aryl methyl sites for hydroxylation is 2. The molecule has 5 nitrogen and oxygen atoms in total. The fourth-order valence-electron chi connectivity index (χ4n) is 3.32. The van der Waals surface area contributed by atoms with Gasteiger partial charge in [-0.2, -0.15) is 5.10 Å². The summed E-state index contributed by atoms with van der Waals surface area (Å²) in [7, 11) is 1.94. The molecule has 0 amide bonds. The fraction of sp³-hybridized carbons (Fsp3) is 0.625. The number of nitrogens with two attached hydrogens (primary N) is 1. The van der Waals surface area contributed by atoms with E-state index in [9.17, 15) is 0 Å². The monoisotopic (exact) mass is 287 g/mol. The van der Waals surface area contributed by atoms with Crippen LogP contribution in [0.1, 0.15) is 31.5 Å². The van der Waals surface area contributed by atoms with E-state index in [0.29, 0.717) is 6.04 Å². The zero-order valence-corrected chi connectivity index (χ0v) is 13.4.